The minimum atomic E-state index is -0.497. The first-order valence-electron chi connectivity index (χ1n) is 5.88. The number of hydrogen-bond donors (Lipinski definition) is 1. The van der Waals surface area contributed by atoms with Crippen LogP contribution in [-0.4, -0.2) is 19.5 Å². The molecule has 0 fully saturated rings. The number of nitrogens with zero attached hydrogens (tertiary/aromatic N) is 4. The van der Waals surface area contributed by atoms with Crippen molar-refractivity contribution in [2.24, 2.45) is 7.05 Å². The monoisotopic (exact) mass is 269 g/mol. The lowest BCUT2D eigenvalue weighted by atomic mass is 10.1. The molecular weight excluding hydrogens is 258 g/mol. The predicted molar refractivity (Wildman–Crippen MR) is 75.0 cm³/mol. The molecular formula is C13H11N5O2. The third kappa shape index (κ3) is 1.76. The topological polar surface area (TPSA) is 99.9 Å². The normalized spacial score (nSPS) is 10.8. The van der Waals surface area contributed by atoms with Gasteiger partial charge in [0.15, 0.2) is 0 Å². The second-order valence-electron chi connectivity index (χ2n) is 4.39. The number of nitro benzene ring substituents is 1. The van der Waals surface area contributed by atoms with E-state index >= 15 is 0 Å². The van der Waals surface area contributed by atoms with Crippen molar-refractivity contribution in [2.45, 2.75) is 0 Å². The number of nitro groups is 1. The smallest absolute Gasteiger partial charge is 0.292 e. The molecule has 0 unspecified atom stereocenters. The summed E-state index contributed by atoms with van der Waals surface area (Å²) in [5, 5.41) is 11.0. The molecule has 2 aromatic heterocycles. The Kier molecular flexibility index (Phi) is 2.60. The van der Waals surface area contributed by atoms with Crippen molar-refractivity contribution in [3.63, 3.8) is 0 Å². The highest BCUT2D eigenvalue weighted by Crippen LogP contribution is 2.29. The molecule has 0 radical (unpaired) electrons. The second kappa shape index (κ2) is 4.30. The summed E-state index contributed by atoms with van der Waals surface area (Å²) in [5.74, 6) is 0.635. The number of nitrogens with two attached hydrogens (primary N) is 1. The summed E-state index contributed by atoms with van der Waals surface area (Å²) in [6.07, 6.45) is 3.34. The Morgan fingerprint density at radius 1 is 1.35 bits per heavy atom. The number of aryl methyl sites for hydroxylation is 1. The largest absolute Gasteiger partial charge is 0.393 e. The van der Waals surface area contributed by atoms with Gasteiger partial charge >= 0.3 is 0 Å². The Hall–Kier alpha value is -2.96. The van der Waals surface area contributed by atoms with Crippen molar-refractivity contribution in [1.29, 1.82) is 0 Å². The minimum absolute atomic E-state index is 0.118. The SMILES string of the molecule is Cn1c(-c2ccc(N)c([N+](=O)[O-])c2)nc2cnccc21. The van der Waals surface area contributed by atoms with Crippen molar-refractivity contribution in [2.75, 3.05) is 5.73 Å². The van der Waals surface area contributed by atoms with Gasteiger partial charge in [0.2, 0.25) is 0 Å². The fourth-order valence-electron chi connectivity index (χ4n) is 2.15. The molecule has 3 rings (SSSR count). The van der Waals surface area contributed by atoms with Gasteiger partial charge in [0, 0.05) is 24.9 Å². The van der Waals surface area contributed by atoms with Crippen LogP contribution in [0.25, 0.3) is 22.4 Å². The maximum Gasteiger partial charge on any atom is 0.292 e. The molecule has 0 aliphatic rings. The van der Waals surface area contributed by atoms with E-state index in [1.807, 2.05) is 17.7 Å². The van der Waals surface area contributed by atoms with Gasteiger partial charge in [-0.2, -0.15) is 0 Å². The fraction of sp³-hybridized carbons (Fsp3) is 0.0769. The van der Waals surface area contributed by atoms with Gasteiger partial charge in [-0.1, -0.05) is 0 Å². The molecule has 7 heteroatoms. The summed E-state index contributed by atoms with van der Waals surface area (Å²) in [4.78, 5) is 18.9. The number of hydrogen-bond acceptors (Lipinski definition) is 5. The van der Waals surface area contributed by atoms with Crippen LogP contribution in [0.3, 0.4) is 0 Å². The fourth-order valence-corrected chi connectivity index (χ4v) is 2.15. The third-order valence-electron chi connectivity index (χ3n) is 3.17. The molecule has 3 aromatic rings. The highest BCUT2D eigenvalue weighted by atomic mass is 16.6. The number of rotatable bonds is 2. The van der Waals surface area contributed by atoms with Crippen LogP contribution in [0.15, 0.2) is 36.7 Å². The Balaban J connectivity index is 2.23. The lowest BCUT2D eigenvalue weighted by Crippen LogP contribution is -1.98. The van der Waals surface area contributed by atoms with Crippen molar-refractivity contribution in [3.8, 4) is 11.4 Å². The molecule has 2 heterocycles. The van der Waals surface area contributed by atoms with E-state index in [4.69, 9.17) is 5.73 Å². The molecule has 0 spiro atoms. The highest BCUT2D eigenvalue weighted by Gasteiger charge is 2.16. The van der Waals surface area contributed by atoms with Crippen LogP contribution in [0.2, 0.25) is 0 Å². The Labute approximate surface area is 113 Å². The average Bonchev–Trinajstić information content (AvgIpc) is 2.77. The summed E-state index contributed by atoms with van der Waals surface area (Å²) in [5.41, 5.74) is 7.92. The van der Waals surface area contributed by atoms with E-state index in [0.29, 0.717) is 11.4 Å². The summed E-state index contributed by atoms with van der Waals surface area (Å²) in [6, 6.07) is 6.52. The third-order valence-corrected chi connectivity index (χ3v) is 3.17. The number of pyridine rings is 1. The van der Waals surface area contributed by atoms with Crippen LogP contribution < -0.4 is 5.73 Å². The van der Waals surface area contributed by atoms with Crippen molar-refractivity contribution in [3.05, 3.63) is 46.8 Å². The first-order valence-corrected chi connectivity index (χ1v) is 5.88. The molecule has 0 atom stereocenters. The van der Waals surface area contributed by atoms with Crippen molar-refractivity contribution >= 4 is 22.4 Å². The molecule has 0 saturated heterocycles. The zero-order valence-corrected chi connectivity index (χ0v) is 10.6. The molecule has 0 aliphatic carbocycles. The molecule has 100 valence electrons. The number of aromatic nitrogens is 3. The Morgan fingerprint density at radius 2 is 2.15 bits per heavy atom. The molecule has 0 amide bonds. The van der Waals surface area contributed by atoms with Crippen molar-refractivity contribution < 1.29 is 4.92 Å². The summed E-state index contributed by atoms with van der Waals surface area (Å²) in [7, 11) is 1.85. The van der Waals surface area contributed by atoms with E-state index in [1.54, 1.807) is 18.5 Å². The number of fused-ring (bicyclic) bond motifs is 1. The number of benzene rings is 1. The maximum absolute atomic E-state index is 11.0. The van der Waals surface area contributed by atoms with Gasteiger partial charge in [-0.15, -0.1) is 0 Å². The number of nitrogen functional groups attached to an aromatic ring is 1. The van der Waals surface area contributed by atoms with Crippen LogP contribution in [0, 0.1) is 10.1 Å². The molecule has 0 saturated carbocycles. The Morgan fingerprint density at radius 3 is 2.85 bits per heavy atom. The highest BCUT2D eigenvalue weighted by molar-refractivity contribution is 5.80. The molecule has 1 aromatic carbocycles. The lowest BCUT2D eigenvalue weighted by molar-refractivity contribution is -0.383. The zero-order chi connectivity index (χ0) is 14.3. The average molecular weight is 269 g/mol. The summed E-state index contributed by atoms with van der Waals surface area (Å²) < 4.78 is 1.87. The molecule has 7 nitrogen and oxygen atoms in total. The van der Waals surface area contributed by atoms with Crippen LogP contribution >= 0.6 is 0 Å². The van der Waals surface area contributed by atoms with E-state index in [-0.39, 0.29) is 11.4 Å². The standard InChI is InChI=1S/C13H11N5O2/c1-17-11-4-5-15-7-10(11)16-13(17)8-2-3-9(14)12(6-8)18(19)20/h2-7H,14H2,1H3. The van der Waals surface area contributed by atoms with E-state index in [0.717, 1.165) is 11.0 Å². The number of imidazole rings is 1. The van der Waals surface area contributed by atoms with Crippen LogP contribution in [0.5, 0.6) is 0 Å². The first-order chi connectivity index (χ1) is 9.58. The minimum Gasteiger partial charge on any atom is -0.393 e. The summed E-state index contributed by atoms with van der Waals surface area (Å²) >= 11 is 0. The van der Waals surface area contributed by atoms with Gasteiger partial charge in [-0.05, 0) is 18.2 Å². The maximum atomic E-state index is 11.0. The van der Waals surface area contributed by atoms with Gasteiger partial charge in [-0.25, -0.2) is 4.98 Å². The van der Waals surface area contributed by atoms with Crippen molar-refractivity contribution in [1.82, 2.24) is 14.5 Å². The lowest BCUT2D eigenvalue weighted by Gasteiger charge is -2.03. The van der Waals surface area contributed by atoms with E-state index in [9.17, 15) is 10.1 Å². The second-order valence-corrected chi connectivity index (χ2v) is 4.39. The molecule has 2 N–H and O–H groups in total. The first kappa shape index (κ1) is 12.1. The molecule has 0 bridgehead atoms. The van der Waals surface area contributed by atoms with Gasteiger partial charge in [0.25, 0.3) is 5.69 Å². The van der Waals surface area contributed by atoms with E-state index in [1.165, 1.54) is 12.1 Å². The Bertz CT molecular complexity index is 825. The van der Waals surface area contributed by atoms with Gasteiger partial charge in [-0.3, -0.25) is 15.1 Å². The predicted octanol–water partition coefficient (Wildman–Crippen LogP) is 2.13. The van der Waals surface area contributed by atoms with Gasteiger partial charge in [0.1, 0.15) is 17.0 Å². The molecule has 0 aliphatic heterocycles. The quantitative estimate of drug-likeness (QED) is 0.436. The van der Waals surface area contributed by atoms with Gasteiger partial charge in [0.05, 0.1) is 16.6 Å². The number of anilines is 1. The van der Waals surface area contributed by atoms with Crippen LogP contribution in [0.1, 0.15) is 0 Å². The zero-order valence-electron chi connectivity index (χ0n) is 10.6. The summed E-state index contributed by atoms with van der Waals surface area (Å²) in [6.45, 7) is 0. The van der Waals surface area contributed by atoms with Gasteiger partial charge < -0.3 is 10.3 Å². The van der Waals surface area contributed by atoms with E-state index < -0.39 is 4.92 Å². The van der Waals surface area contributed by atoms with Crippen LogP contribution in [-0.2, 0) is 7.05 Å². The molecule has 20 heavy (non-hydrogen) atoms. The van der Waals surface area contributed by atoms with E-state index in [2.05, 4.69) is 9.97 Å². The van der Waals surface area contributed by atoms with Crippen LogP contribution in [0.4, 0.5) is 11.4 Å².